The highest BCUT2D eigenvalue weighted by atomic mass is 32.2. The van der Waals surface area contributed by atoms with Crippen LogP contribution in [0.25, 0.3) is 0 Å². The predicted octanol–water partition coefficient (Wildman–Crippen LogP) is 0.748. The molecule has 0 bridgehead atoms. The van der Waals surface area contributed by atoms with Crippen molar-refractivity contribution in [2.75, 3.05) is 25.9 Å². The summed E-state index contributed by atoms with van der Waals surface area (Å²) < 4.78 is 38.1. The Morgan fingerprint density at radius 3 is 2.25 bits per heavy atom. The lowest BCUT2D eigenvalue weighted by Gasteiger charge is -2.35. The van der Waals surface area contributed by atoms with Gasteiger partial charge >= 0.3 is 0 Å². The predicted molar refractivity (Wildman–Crippen MR) is 62.6 cm³/mol. The first-order chi connectivity index (χ1) is 7.23. The lowest BCUT2D eigenvalue weighted by Crippen LogP contribution is -2.49. The molecule has 0 aliphatic carbocycles. The molecule has 1 fully saturated rings. The molecular weight excluding hydrogens is 231 g/mol. The summed E-state index contributed by atoms with van der Waals surface area (Å²) in [7, 11) is -3.16. The molecule has 0 atom stereocenters. The summed E-state index contributed by atoms with van der Waals surface area (Å²) >= 11 is 0. The van der Waals surface area contributed by atoms with E-state index in [1.54, 1.807) is 0 Å². The molecule has 1 N–H and O–H groups in total. The smallest absolute Gasteiger partial charge is 0.211 e. The van der Waals surface area contributed by atoms with E-state index in [2.05, 4.69) is 5.32 Å². The first-order valence-corrected chi connectivity index (χ1v) is 7.45. The van der Waals surface area contributed by atoms with Gasteiger partial charge in [0.2, 0.25) is 10.0 Å². The number of nitrogens with zero attached hydrogens (tertiary/aromatic N) is 1. The van der Waals surface area contributed by atoms with Crippen molar-refractivity contribution in [3.8, 4) is 0 Å². The van der Waals surface area contributed by atoms with Gasteiger partial charge in [-0.1, -0.05) is 13.8 Å². The maximum absolute atomic E-state index is 14.2. The van der Waals surface area contributed by atoms with Crippen LogP contribution in [-0.2, 0) is 10.0 Å². The van der Waals surface area contributed by atoms with Crippen molar-refractivity contribution < 1.29 is 12.8 Å². The number of sulfonamides is 1. The van der Waals surface area contributed by atoms with E-state index in [-0.39, 0.29) is 32.0 Å². The van der Waals surface area contributed by atoms with Crippen LogP contribution in [0.3, 0.4) is 0 Å². The van der Waals surface area contributed by atoms with Gasteiger partial charge in [0.25, 0.3) is 0 Å². The highest BCUT2D eigenvalue weighted by molar-refractivity contribution is 7.88. The van der Waals surface area contributed by atoms with E-state index in [9.17, 15) is 12.8 Å². The average Bonchev–Trinajstić information content (AvgIpc) is 2.14. The van der Waals surface area contributed by atoms with Crippen molar-refractivity contribution in [3.05, 3.63) is 0 Å². The first-order valence-electron chi connectivity index (χ1n) is 5.60. The van der Waals surface area contributed by atoms with Gasteiger partial charge in [-0.2, -0.15) is 0 Å². The van der Waals surface area contributed by atoms with Crippen LogP contribution < -0.4 is 5.32 Å². The highest BCUT2D eigenvalue weighted by Gasteiger charge is 2.36. The Balaban J connectivity index is 2.47. The molecule has 0 aromatic carbocycles. The highest BCUT2D eigenvalue weighted by Crippen LogP contribution is 2.27. The van der Waals surface area contributed by atoms with Gasteiger partial charge in [-0.3, -0.25) is 0 Å². The van der Waals surface area contributed by atoms with Crippen LogP contribution in [0, 0.1) is 0 Å². The Hall–Kier alpha value is -0.200. The fourth-order valence-corrected chi connectivity index (χ4v) is 2.63. The second-order valence-corrected chi connectivity index (χ2v) is 6.83. The Morgan fingerprint density at radius 1 is 1.38 bits per heavy atom. The molecule has 1 saturated heterocycles. The zero-order valence-corrected chi connectivity index (χ0v) is 11.0. The van der Waals surface area contributed by atoms with Gasteiger partial charge in [0.05, 0.1) is 6.26 Å². The van der Waals surface area contributed by atoms with Crippen LogP contribution in [0.4, 0.5) is 4.39 Å². The minimum atomic E-state index is -3.16. The van der Waals surface area contributed by atoms with Crippen molar-refractivity contribution in [2.24, 2.45) is 0 Å². The lowest BCUT2D eigenvalue weighted by atomic mass is 9.94. The van der Waals surface area contributed by atoms with Gasteiger partial charge in [0.1, 0.15) is 5.67 Å². The van der Waals surface area contributed by atoms with E-state index in [1.165, 1.54) is 10.6 Å². The van der Waals surface area contributed by atoms with E-state index >= 15 is 0 Å². The summed E-state index contributed by atoms with van der Waals surface area (Å²) in [4.78, 5) is 0. The van der Waals surface area contributed by atoms with Gasteiger partial charge in [0, 0.05) is 25.7 Å². The summed E-state index contributed by atoms with van der Waals surface area (Å²) in [5.41, 5.74) is -1.26. The molecule has 96 valence electrons. The van der Waals surface area contributed by atoms with Gasteiger partial charge in [-0.15, -0.1) is 0 Å². The molecule has 1 rings (SSSR count). The topological polar surface area (TPSA) is 49.4 Å². The van der Waals surface area contributed by atoms with Crippen LogP contribution >= 0.6 is 0 Å². The van der Waals surface area contributed by atoms with Gasteiger partial charge in [-0.05, 0) is 12.8 Å². The van der Waals surface area contributed by atoms with E-state index in [0.717, 1.165) is 0 Å². The van der Waals surface area contributed by atoms with Crippen LogP contribution in [-0.4, -0.2) is 50.3 Å². The molecule has 0 spiro atoms. The zero-order valence-electron chi connectivity index (χ0n) is 10.2. The molecular formula is C10H21FN2O2S. The molecule has 0 saturated carbocycles. The Kier molecular flexibility index (Phi) is 4.31. The lowest BCUT2D eigenvalue weighted by molar-refractivity contribution is 0.0857. The molecule has 6 heteroatoms. The molecule has 0 aromatic rings. The molecule has 0 aromatic heterocycles. The summed E-state index contributed by atoms with van der Waals surface area (Å²) in [6.45, 7) is 4.82. The molecule has 0 unspecified atom stereocenters. The number of alkyl halides is 1. The van der Waals surface area contributed by atoms with E-state index in [0.29, 0.717) is 6.54 Å². The second-order valence-electron chi connectivity index (χ2n) is 4.85. The van der Waals surface area contributed by atoms with E-state index in [1.807, 2.05) is 13.8 Å². The molecule has 1 aliphatic heterocycles. The van der Waals surface area contributed by atoms with Crippen molar-refractivity contribution in [1.29, 1.82) is 0 Å². The Morgan fingerprint density at radius 2 is 1.88 bits per heavy atom. The van der Waals surface area contributed by atoms with Crippen LogP contribution in [0.1, 0.15) is 26.7 Å². The normalized spacial score (nSPS) is 22.6. The third-order valence-corrected chi connectivity index (χ3v) is 4.22. The fourth-order valence-electron chi connectivity index (χ4n) is 1.78. The SMILES string of the molecule is CC(C)NCC1(F)CCN(S(C)(=O)=O)CC1. The fraction of sp³-hybridized carbons (Fsp3) is 1.00. The molecule has 16 heavy (non-hydrogen) atoms. The molecule has 1 aliphatic rings. The summed E-state index contributed by atoms with van der Waals surface area (Å²) in [6.07, 6.45) is 1.73. The third-order valence-electron chi connectivity index (χ3n) is 2.91. The molecule has 4 nitrogen and oxygen atoms in total. The number of nitrogens with one attached hydrogen (secondary N) is 1. The van der Waals surface area contributed by atoms with Crippen molar-refractivity contribution in [1.82, 2.24) is 9.62 Å². The van der Waals surface area contributed by atoms with Gasteiger partial charge in [0.15, 0.2) is 0 Å². The monoisotopic (exact) mass is 252 g/mol. The van der Waals surface area contributed by atoms with Crippen LogP contribution in [0.5, 0.6) is 0 Å². The Bertz CT molecular complexity index is 322. The second kappa shape index (κ2) is 4.98. The molecule has 0 amide bonds. The minimum absolute atomic E-state index is 0.251. The number of hydrogen-bond donors (Lipinski definition) is 1. The van der Waals surface area contributed by atoms with Gasteiger partial charge in [-0.25, -0.2) is 17.1 Å². The van der Waals surface area contributed by atoms with Crippen LogP contribution in [0.2, 0.25) is 0 Å². The number of hydrogen-bond acceptors (Lipinski definition) is 3. The maximum Gasteiger partial charge on any atom is 0.211 e. The summed E-state index contributed by atoms with van der Waals surface area (Å²) in [5, 5.41) is 3.07. The Labute approximate surface area is 97.3 Å². The molecule has 1 heterocycles. The quantitative estimate of drug-likeness (QED) is 0.803. The zero-order chi connectivity index (χ0) is 12.4. The van der Waals surface area contributed by atoms with Crippen molar-refractivity contribution in [3.63, 3.8) is 0 Å². The summed E-state index contributed by atoms with van der Waals surface area (Å²) in [6, 6.07) is 0.251. The van der Waals surface area contributed by atoms with Crippen molar-refractivity contribution >= 4 is 10.0 Å². The van der Waals surface area contributed by atoms with Gasteiger partial charge < -0.3 is 5.32 Å². The largest absolute Gasteiger partial charge is 0.311 e. The van der Waals surface area contributed by atoms with E-state index < -0.39 is 15.7 Å². The maximum atomic E-state index is 14.2. The third kappa shape index (κ3) is 3.99. The summed E-state index contributed by atoms with van der Waals surface area (Å²) in [5.74, 6) is 0. The number of halogens is 1. The molecule has 0 radical (unpaired) electrons. The van der Waals surface area contributed by atoms with Crippen LogP contribution in [0.15, 0.2) is 0 Å². The number of piperidine rings is 1. The minimum Gasteiger partial charge on any atom is -0.311 e. The van der Waals surface area contributed by atoms with Crippen molar-refractivity contribution in [2.45, 2.75) is 38.4 Å². The first kappa shape index (κ1) is 13.9. The average molecular weight is 252 g/mol. The number of rotatable bonds is 4. The standard InChI is InChI=1S/C10H21FN2O2S/c1-9(2)12-8-10(11)4-6-13(7-5-10)16(3,14)15/h9,12H,4-8H2,1-3H3. The van der Waals surface area contributed by atoms with E-state index in [4.69, 9.17) is 0 Å².